The molecule has 0 radical (unpaired) electrons. The van der Waals surface area contributed by atoms with E-state index >= 15 is 0 Å². The third kappa shape index (κ3) is 3.71. The quantitative estimate of drug-likeness (QED) is 0.622. The first-order valence-corrected chi connectivity index (χ1v) is 10.0. The molecule has 0 spiro atoms. The van der Waals surface area contributed by atoms with Crippen LogP contribution in [0, 0.1) is 18.8 Å². The molecule has 150 valence electrons. The molecular weight excluding hydrogens is 354 g/mol. The van der Waals surface area contributed by atoms with Crippen molar-refractivity contribution >= 4 is 11.3 Å². The number of nitrogens with one attached hydrogen (secondary N) is 2. The smallest absolute Gasteiger partial charge is 0.218 e. The first-order valence-electron chi connectivity index (χ1n) is 10.0. The molecule has 2 N–H and O–H groups in total. The van der Waals surface area contributed by atoms with Crippen LogP contribution in [-0.4, -0.2) is 39.8 Å². The standard InChI is InChI=1S/C21H29N5O2/c1-13-5-6-14(2)18(11-13)28-12-22-17-9-7-16(8-10-17)20-23-21-19(27-4)15(3)24-26(21)25-20/h7-10,13-14,18,22,24H,5-6,11-12H2,1-4H3/t13?,14-,18?/m1/s1. The molecule has 28 heavy (non-hydrogen) atoms. The van der Waals surface area contributed by atoms with Crippen LogP contribution >= 0.6 is 0 Å². The van der Waals surface area contributed by atoms with E-state index in [2.05, 4.69) is 34.3 Å². The zero-order chi connectivity index (χ0) is 19.7. The molecule has 2 aromatic heterocycles. The van der Waals surface area contributed by atoms with Gasteiger partial charge < -0.3 is 14.8 Å². The number of aromatic nitrogens is 4. The van der Waals surface area contributed by atoms with E-state index in [1.165, 1.54) is 12.8 Å². The molecule has 1 aliphatic rings. The Hall–Kier alpha value is -2.54. The minimum Gasteiger partial charge on any atom is -0.491 e. The largest absolute Gasteiger partial charge is 0.491 e. The molecule has 1 aromatic carbocycles. The lowest BCUT2D eigenvalue weighted by molar-refractivity contribution is -0.00908. The van der Waals surface area contributed by atoms with Crippen LogP contribution in [0.4, 0.5) is 5.69 Å². The minimum atomic E-state index is 0.353. The number of H-pyrrole nitrogens is 1. The van der Waals surface area contributed by atoms with E-state index in [-0.39, 0.29) is 0 Å². The van der Waals surface area contributed by atoms with Crippen LogP contribution in [0.2, 0.25) is 0 Å². The average molecular weight is 383 g/mol. The van der Waals surface area contributed by atoms with Crippen molar-refractivity contribution in [2.45, 2.75) is 46.1 Å². The van der Waals surface area contributed by atoms with Gasteiger partial charge in [0.2, 0.25) is 5.65 Å². The van der Waals surface area contributed by atoms with Crippen molar-refractivity contribution in [3.8, 4) is 17.1 Å². The van der Waals surface area contributed by atoms with Crippen LogP contribution in [0.15, 0.2) is 24.3 Å². The predicted octanol–water partition coefficient (Wildman–Crippen LogP) is 4.25. The third-order valence-electron chi connectivity index (χ3n) is 5.73. The van der Waals surface area contributed by atoms with Gasteiger partial charge in [0.05, 0.1) is 18.9 Å². The summed E-state index contributed by atoms with van der Waals surface area (Å²) in [6.07, 6.45) is 4.09. The SMILES string of the molecule is COc1c(C)[nH]n2nc(-c3ccc(NCOC4CC(C)CC[C@H]4C)cc3)nc12. The molecule has 1 fully saturated rings. The maximum Gasteiger partial charge on any atom is 0.218 e. The van der Waals surface area contributed by atoms with Gasteiger partial charge in [-0.05, 0) is 55.9 Å². The lowest BCUT2D eigenvalue weighted by Crippen LogP contribution is -2.30. The summed E-state index contributed by atoms with van der Waals surface area (Å²) < 4.78 is 13.1. The zero-order valence-electron chi connectivity index (χ0n) is 17.0. The molecule has 0 aliphatic heterocycles. The Bertz CT molecular complexity index is 930. The number of nitrogens with zero attached hydrogens (tertiary/aromatic N) is 3. The van der Waals surface area contributed by atoms with Gasteiger partial charge in [-0.3, -0.25) is 5.10 Å². The first-order chi connectivity index (χ1) is 13.5. The summed E-state index contributed by atoms with van der Waals surface area (Å²) >= 11 is 0. The highest BCUT2D eigenvalue weighted by atomic mass is 16.5. The van der Waals surface area contributed by atoms with Gasteiger partial charge >= 0.3 is 0 Å². The van der Waals surface area contributed by atoms with Crippen LogP contribution in [0.5, 0.6) is 5.75 Å². The number of aromatic amines is 1. The van der Waals surface area contributed by atoms with Gasteiger partial charge in [0.15, 0.2) is 11.6 Å². The van der Waals surface area contributed by atoms with Gasteiger partial charge in [0, 0.05) is 11.3 Å². The normalized spacial score (nSPS) is 22.5. The molecule has 0 saturated heterocycles. The van der Waals surface area contributed by atoms with E-state index in [0.717, 1.165) is 35.0 Å². The number of anilines is 1. The van der Waals surface area contributed by atoms with Crippen molar-refractivity contribution in [1.82, 2.24) is 19.8 Å². The lowest BCUT2D eigenvalue weighted by Gasteiger charge is -2.32. The Morgan fingerprint density at radius 1 is 1.21 bits per heavy atom. The molecule has 4 rings (SSSR count). The molecule has 1 saturated carbocycles. The van der Waals surface area contributed by atoms with Crippen molar-refractivity contribution in [3.05, 3.63) is 30.0 Å². The number of methoxy groups -OCH3 is 1. The summed E-state index contributed by atoms with van der Waals surface area (Å²) in [4.78, 5) is 4.59. The highest BCUT2D eigenvalue weighted by molar-refractivity contribution is 5.65. The van der Waals surface area contributed by atoms with E-state index in [4.69, 9.17) is 9.47 Å². The molecule has 3 aromatic rings. The zero-order valence-corrected chi connectivity index (χ0v) is 17.0. The number of hydrogen-bond donors (Lipinski definition) is 2. The number of benzene rings is 1. The maximum atomic E-state index is 6.09. The number of hydrogen-bond acceptors (Lipinski definition) is 5. The Morgan fingerprint density at radius 2 is 2.00 bits per heavy atom. The lowest BCUT2D eigenvalue weighted by atomic mass is 9.82. The van der Waals surface area contributed by atoms with Crippen LogP contribution in [0.25, 0.3) is 17.0 Å². The highest BCUT2D eigenvalue weighted by Gasteiger charge is 2.25. The molecule has 0 bridgehead atoms. The van der Waals surface area contributed by atoms with Crippen LogP contribution in [-0.2, 0) is 4.74 Å². The van der Waals surface area contributed by atoms with Crippen LogP contribution < -0.4 is 10.1 Å². The molecular formula is C21H29N5O2. The van der Waals surface area contributed by atoms with Crippen molar-refractivity contribution in [2.24, 2.45) is 11.8 Å². The molecule has 2 heterocycles. The van der Waals surface area contributed by atoms with Crippen molar-refractivity contribution in [2.75, 3.05) is 19.2 Å². The first kappa shape index (κ1) is 18.8. The summed E-state index contributed by atoms with van der Waals surface area (Å²) in [6, 6.07) is 8.09. The number of fused-ring (bicyclic) bond motifs is 1. The van der Waals surface area contributed by atoms with Gasteiger partial charge in [-0.15, -0.1) is 9.73 Å². The van der Waals surface area contributed by atoms with E-state index in [1.54, 1.807) is 11.7 Å². The van der Waals surface area contributed by atoms with Gasteiger partial charge in [-0.2, -0.15) is 0 Å². The van der Waals surface area contributed by atoms with Gasteiger partial charge in [-0.25, -0.2) is 4.98 Å². The number of ether oxygens (including phenoxy) is 2. The van der Waals surface area contributed by atoms with Crippen molar-refractivity contribution < 1.29 is 9.47 Å². The summed E-state index contributed by atoms with van der Waals surface area (Å²) in [7, 11) is 1.64. The van der Waals surface area contributed by atoms with Crippen LogP contribution in [0.1, 0.15) is 38.8 Å². The monoisotopic (exact) mass is 383 g/mol. The summed E-state index contributed by atoms with van der Waals surface area (Å²) in [6.45, 7) is 7.08. The summed E-state index contributed by atoms with van der Waals surface area (Å²) in [5.41, 5.74) is 3.59. The third-order valence-corrected chi connectivity index (χ3v) is 5.73. The number of rotatable bonds is 6. The Labute approximate surface area is 165 Å². The maximum absolute atomic E-state index is 6.09. The second-order valence-corrected chi connectivity index (χ2v) is 7.94. The molecule has 1 aliphatic carbocycles. The Morgan fingerprint density at radius 3 is 2.75 bits per heavy atom. The Kier molecular flexibility index (Phi) is 5.26. The van der Waals surface area contributed by atoms with Crippen LogP contribution in [0.3, 0.4) is 0 Å². The van der Waals surface area contributed by atoms with Gasteiger partial charge in [0.1, 0.15) is 6.73 Å². The van der Waals surface area contributed by atoms with E-state index in [9.17, 15) is 0 Å². The Balaban J connectivity index is 1.38. The second-order valence-electron chi connectivity index (χ2n) is 7.94. The summed E-state index contributed by atoms with van der Waals surface area (Å²) in [5.74, 6) is 2.78. The van der Waals surface area contributed by atoms with Gasteiger partial charge in [-0.1, -0.05) is 20.3 Å². The van der Waals surface area contributed by atoms with E-state index in [1.807, 2.05) is 31.2 Å². The number of aryl methyl sites for hydroxylation is 1. The van der Waals surface area contributed by atoms with Gasteiger partial charge in [0.25, 0.3) is 0 Å². The highest BCUT2D eigenvalue weighted by Crippen LogP contribution is 2.30. The topological polar surface area (TPSA) is 76.5 Å². The fourth-order valence-corrected chi connectivity index (χ4v) is 3.96. The second kappa shape index (κ2) is 7.83. The molecule has 3 atom stereocenters. The van der Waals surface area contributed by atoms with E-state index in [0.29, 0.717) is 30.2 Å². The minimum absolute atomic E-state index is 0.353. The van der Waals surface area contributed by atoms with Crippen molar-refractivity contribution in [1.29, 1.82) is 0 Å². The fraction of sp³-hybridized carbons (Fsp3) is 0.524. The molecule has 7 nitrogen and oxygen atoms in total. The molecule has 2 unspecified atom stereocenters. The summed E-state index contributed by atoms with van der Waals surface area (Å²) in [5, 5.41) is 11.0. The van der Waals surface area contributed by atoms with E-state index < -0.39 is 0 Å². The van der Waals surface area contributed by atoms with Crippen molar-refractivity contribution in [3.63, 3.8) is 0 Å². The predicted molar refractivity (Wildman–Crippen MR) is 110 cm³/mol. The molecule has 0 amide bonds. The molecule has 7 heteroatoms. The average Bonchev–Trinajstić information content (AvgIpc) is 3.21. The fourth-order valence-electron chi connectivity index (χ4n) is 3.96.